The van der Waals surface area contributed by atoms with Crippen LogP contribution in [0.2, 0.25) is 0 Å². The zero-order valence-electron chi connectivity index (χ0n) is 11.6. The number of ether oxygens (including phenoxy) is 1. The van der Waals surface area contributed by atoms with Crippen LogP contribution < -0.4 is 4.74 Å². The molecule has 1 unspecified atom stereocenters. The van der Waals surface area contributed by atoms with E-state index in [2.05, 4.69) is 5.10 Å². The first kappa shape index (κ1) is 13.6. The minimum atomic E-state index is -0.780. The number of aromatic nitrogens is 2. The highest BCUT2D eigenvalue weighted by molar-refractivity contribution is 5.28. The lowest BCUT2D eigenvalue weighted by Crippen LogP contribution is -2.29. The average molecular weight is 260 g/mol. The largest absolute Gasteiger partial charge is 0.497 e. The monoisotopic (exact) mass is 260 g/mol. The Kier molecular flexibility index (Phi) is 3.90. The van der Waals surface area contributed by atoms with Crippen molar-refractivity contribution in [3.05, 3.63) is 47.8 Å². The molecular weight excluding hydrogens is 240 g/mol. The number of methoxy groups -OCH3 is 1. The van der Waals surface area contributed by atoms with E-state index in [0.717, 1.165) is 16.9 Å². The smallest absolute Gasteiger partial charge is 0.118 e. The van der Waals surface area contributed by atoms with Crippen molar-refractivity contribution in [2.45, 2.75) is 25.4 Å². The van der Waals surface area contributed by atoms with Crippen molar-refractivity contribution in [1.82, 2.24) is 9.78 Å². The summed E-state index contributed by atoms with van der Waals surface area (Å²) in [5, 5.41) is 14.6. The van der Waals surface area contributed by atoms with Gasteiger partial charge in [-0.3, -0.25) is 4.68 Å². The molecule has 0 spiro atoms. The third kappa shape index (κ3) is 3.83. The van der Waals surface area contributed by atoms with Gasteiger partial charge in [0.2, 0.25) is 0 Å². The number of hydrogen-bond donors (Lipinski definition) is 1. The first-order chi connectivity index (χ1) is 8.98. The van der Waals surface area contributed by atoms with Gasteiger partial charge in [-0.25, -0.2) is 0 Å². The predicted molar refractivity (Wildman–Crippen MR) is 74.2 cm³/mol. The van der Waals surface area contributed by atoms with E-state index in [9.17, 15) is 5.11 Å². The topological polar surface area (TPSA) is 47.3 Å². The summed E-state index contributed by atoms with van der Waals surface area (Å²) in [7, 11) is 3.52. The average Bonchev–Trinajstić information content (AvgIpc) is 2.74. The minimum Gasteiger partial charge on any atom is -0.497 e. The van der Waals surface area contributed by atoms with E-state index < -0.39 is 5.60 Å². The maximum absolute atomic E-state index is 10.5. The Morgan fingerprint density at radius 3 is 2.37 bits per heavy atom. The van der Waals surface area contributed by atoms with E-state index in [-0.39, 0.29) is 0 Å². The highest BCUT2D eigenvalue weighted by Gasteiger charge is 2.22. The lowest BCUT2D eigenvalue weighted by molar-refractivity contribution is 0.0608. The molecule has 2 rings (SSSR count). The third-order valence-electron chi connectivity index (χ3n) is 3.09. The molecule has 1 heterocycles. The number of benzene rings is 1. The van der Waals surface area contributed by atoms with E-state index in [1.54, 1.807) is 18.0 Å². The summed E-state index contributed by atoms with van der Waals surface area (Å²) in [6.45, 7) is 1.85. The fourth-order valence-electron chi connectivity index (χ4n) is 2.25. The zero-order valence-corrected chi connectivity index (χ0v) is 11.6. The van der Waals surface area contributed by atoms with E-state index in [4.69, 9.17) is 4.74 Å². The molecule has 2 aromatic rings. The van der Waals surface area contributed by atoms with Crippen LogP contribution in [0, 0.1) is 0 Å². The summed E-state index contributed by atoms with van der Waals surface area (Å²) in [5.41, 5.74) is 1.35. The molecule has 1 aromatic heterocycles. The van der Waals surface area contributed by atoms with Crippen LogP contribution in [0.5, 0.6) is 5.75 Å². The molecule has 0 radical (unpaired) electrons. The Hall–Kier alpha value is -1.81. The predicted octanol–water partition coefficient (Wildman–Crippen LogP) is 1.96. The molecule has 4 nitrogen and oxygen atoms in total. The summed E-state index contributed by atoms with van der Waals surface area (Å²) in [5.74, 6) is 0.829. The van der Waals surface area contributed by atoms with E-state index in [1.807, 2.05) is 44.4 Å². The maximum Gasteiger partial charge on any atom is 0.118 e. The van der Waals surface area contributed by atoms with Gasteiger partial charge in [-0.05, 0) is 30.2 Å². The van der Waals surface area contributed by atoms with Crippen molar-refractivity contribution in [2.24, 2.45) is 7.05 Å². The first-order valence-electron chi connectivity index (χ1n) is 6.31. The van der Waals surface area contributed by atoms with Gasteiger partial charge in [-0.2, -0.15) is 5.10 Å². The molecule has 1 aromatic carbocycles. The fourth-order valence-corrected chi connectivity index (χ4v) is 2.25. The standard InChI is InChI=1S/C15H20N2O2/c1-15(18,9-13-10-16-17(2)11-13)8-12-4-6-14(19-3)7-5-12/h4-7,10-11,18H,8-9H2,1-3H3. The number of hydrogen-bond acceptors (Lipinski definition) is 3. The molecule has 0 aliphatic carbocycles. The van der Waals surface area contributed by atoms with Gasteiger partial charge >= 0.3 is 0 Å². The normalized spacial score (nSPS) is 14.1. The SMILES string of the molecule is COc1ccc(CC(C)(O)Cc2cnn(C)c2)cc1. The van der Waals surface area contributed by atoms with Crippen LogP contribution in [0.15, 0.2) is 36.7 Å². The van der Waals surface area contributed by atoms with Gasteiger partial charge in [0.1, 0.15) is 5.75 Å². The van der Waals surface area contributed by atoms with Crippen molar-refractivity contribution < 1.29 is 9.84 Å². The van der Waals surface area contributed by atoms with Gasteiger partial charge in [0.05, 0.1) is 18.9 Å². The molecule has 0 saturated carbocycles. The maximum atomic E-state index is 10.5. The molecule has 0 aliphatic heterocycles. The van der Waals surface area contributed by atoms with Crippen LogP contribution in [0.1, 0.15) is 18.1 Å². The highest BCUT2D eigenvalue weighted by atomic mass is 16.5. The molecule has 0 aliphatic rings. The van der Waals surface area contributed by atoms with Gasteiger partial charge < -0.3 is 9.84 Å². The number of rotatable bonds is 5. The molecule has 1 atom stereocenters. The fraction of sp³-hybridized carbons (Fsp3) is 0.400. The molecule has 102 valence electrons. The molecule has 4 heteroatoms. The van der Waals surface area contributed by atoms with Crippen molar-refractivity contribution in [3.63, 3.8) is 0 Å². The van der Waals surface area contributed by atoms with Gasteiger partial charge in [-0.1, -0.05) is 12.1 Å². The number of nitrogens with zero attached hydrogens (tertiary/aromatic N) is 2. The lowest BCUT2D eigenvalue weighted by atomic mass is 9.91. The second-order valence-electron chi connectivity index (χ2n) is 5.22. The summed E-state index contributed by atoms with van der Waals surface area (Å²) in [6.07, 6.45) is 4.92. The summed E-state index contributed by atoms with van der Waals surface area (Å²) >= 11 is 0. The van der Waals surface area contributed by atoms with Gasteiger partial charge in [-0.15, -0.1) is 0 Å². The summed E-state index contributed by atoms with van der Waals surface area (Å²) < 4.78 is 6.87. The van der Waals surface area contributed by atoms with Crippen LogP contribution >= 0.6 is 0 Å². The Morgan fingerprint density at radius 1 is 1.21 bits per heavy atom. The van der Waals surface area contributed by atoms with Crippen molar-refractivity contribution in [1.29, 1.82) is 0 Å². The van der Waals surface area contributed by atoms with Crippen LogP contribution in [0.3, 0.4) is 0 Å². The van der Waals surface area contributed by atoms with Crippen LogP contribution in [0.25, 0.3) is 0 Å². The molecule has 0 fully saturated rings. The van der Waals surface area contributed by atoms with Crippen molar-refractivity contribution >= 4 is 0 Å². The number of aliphatic hydroxyl groups is 1. The van der Waals surface area contributed by atoms with Crippen LogP contribution in [-0.2, 0) is 19.9 Å². The van der Waals surface area contributed by atoms with Gasteiger partial charge in [0, 0.05) is 26.1 Å². The Balaban J connectivity index is 2.03. The molecule has 0 amide bonds. The lowest BCUT2D eigenvalue weighted by Gasteiger charge is -2.22. The molecular formula is C15H20N2O2. The zero-order chi connectivity index (χ0) is 13.9. The van der Waals surface area contributed by atoms with Crippen LogP contribution in [0.4, 0.5) is 0 Å². The van der Waals surface area contributed by atoms with Crippen LogP contribution in [-0.4, -0.2) is 27.6 Å². The Labute approximate surface area is 113 Å². The molecule has 0 bridgehead atoms. The second-order valence-corrected chi connectivity index (χ2v) is 5.22. The van der Waals surface area contributed by atoms with E-state index in [1.165, 1.54) is 0 Å². The Morgan fingerprint density at radius 2 is 1.84 bits per heavy atom. The third-order valence-corrected chi connectivity index (χ3v) is 3.09. The summed E-state index contributed by atoms with van der Waals surface area (Å²) in [6, 6.07) is 7.79. The molecule has 19 heavy (non-hydrogen) atoms. The molecule has 0 saturated heterocycles. The van der Waals surface area contributed by atoms with E-state index >= 15 is 0 Å². The van der Waals surface area contributed by atoms with E-state index in [0.29, 0.717) is 12.8 Å². The first-order valence-corrected chi connectivity index (χ1v) is 6.31. The number of aryl methyl sites for hydroxylation is 1. The Bertz CT molecular complexity index is 529. The quantitative estimate of drug-likeness (QED) is 0.894. The van der Waals surface area contributed by atoms with Gasteiger partial charge in [0.25, 0.3) is 0 Å². The second kappa shape index (κ2) is 5.45. The summed E-state index contributed by atoms with van der Waals surface area (Å²) in [4.78, 5) is 0. The highest BCUT2D eigenvalue weighted by Crippen LogP contribution is 2.20. The molecule has 1 N–H and O–H groups in total. The minimum absolute atomic E-state index is 0.590. The van der Waals surface area contributed by atoms with Crippen molar-refractivity contribution in [2.75, 3.05) is 7.11 Å². The van der Waals surface area contributed by atoms with Gasteiger partial charge in [0.15, 0.2) is 0 Å². The van der Waals surface area contributed by atoms with Crippen molar-refractivity contribution in [3.8, 4) is 5.75 Å².